The molecule has 0 aliphatic carbocycles. The molecule has 1 aromatic heterocycles. The number of anilines is 1. The lowest BCUT2D eigenvalue weighted by atomic mass is 10.1. The maximum absolute atomic E-state index is 12.4. The molecule has 1 fully saturated rings. The minimum atomic E-state index is -0.141. The Bertz CT molecular complexity index is 608. The van der Waals surface area contributed by atoms with Crippen molar-refractivity contribution in [1.82, 2.24) is 14.7 Å². The highest BCUT2D eigenvalue weighted by Crippen LogP contribution is 2.25. The standard InChI is InChI=1S/C15H20N4O3/c1-11(20)16-14-5-7-19(17-14)13-4-6-18(9-13)15(21)12-3-2-8-22-10-12/h5,7,10,13H,2-4,6,8-9H2,1H3,(H,16,17,20)/t13-/m0/s1. The van der Waals surface area contributed by atoms with Crippen molar-refractivity contribution >= 4 is 17.6 Å². The number of hydrogen-bond donors (Lipinski definition) is 1. The van der Waals surface area contributed by atoms with Gasteiger partial charge in [0.2, 0.25) is 5.91 Å². The van der Waals surface area contributed by atoms with Crippen molar-refractivity contribution in [3.63, 3.8) is 0 Å². The van der Waals surface area contributed by atoms with Crippen LogP contribution in [0.3, 0.4) is 0 Å². The third-order valence-corrected chi connectivity index (χ3v) is 3.95. The van der Waals surface area contributed by atoms with Crippen molar-refractivity contribution in [3.8, 4) is 0 Å². The van der Waals surface area contributed by atoms with E-state index in [0.717, 1.165) is 31.4 Å². The van der Waals surface area contributed by atoms with E-state index in [-0.39, 0.29) is 17.9 Å². The minimum absolute atomic E-state index is 0.0661. The van der Waals surface area contributed by atoms with Crippen molar-refractivity contribution in [3.05, 3.63) is 24.1 Å². The van der Waals surface area contributed by atoms with Crippen LogP contribution in [0.25, 0.3) is 0 Å². The molecule has 118 valence electrons. The highest BCUT2D eigenvalue weighted by atomic mass is 16.5. The van der Waals surface area contributed by atoms with E-state index in [4.69, 9.17) is 4.74 Å². The predicted molar refractivity (Wildman–Crippen MR) is 80.0 cm³/mol. The zero-order valence-electron chi connectivity index (χ0n) is 12.6. The number of amides is 2. The van der Waals surface area contributed by atoms with Crippen LogP contribution in [0.4, 0.5) is 5.82 Å². The number of ether oxygens (including phenoxy) is 1. The largest absolute Gasteiger partial charge is 0.501 e. The summed E-state index contributed by atoms with van der Waals surface area (Å²) in [6.45, 7) is 3.50. The van der Waals surface area contributed by atoms with Gasteiger partial charge >= 0.3 is 0 Å². The zero-order chi connectivity index (χ0) is 15.5. The number of rotatable bonds is 3. The van der Waals surface area contributed by atoms with Crippen LogP contribution in [0, 0.1) is 0 Å². The van der Waals surface area contributed by atoms with E-state index in [1.54, 1.807) is 12.3 Å². The van der Waals surface area contributed by atoms with E-state index in [2.05, 4.69) is 10.4 Å². The summed E-state index contributed by atoms with van der Waals surface area (Å²) in [6.07, 6.45) is 5.98. The average molecular weight is 304 g/mol. The number of carbonyl (C=O) groups excluding carboxylic acids is 2. The molecule has 1 aromatic rings. The Hall–Kier alpha value is -2.31. The predicted octanol–water partition coefficient (Wildman–Crippen LogP) is 1.31. The van der Waals surface area contributed by atoms with Gasteiger partial charge in [-0.2, -0.15) is 5.10 Å². The summed E-state index contributed by atoms with van der Waals surface area (Å²) in [6, 6.07) is 1.92. The van der Waals surface area contributed by atoms with Crippen molar-refractivity contribution in [1.29, 1.82) is 0 Å². The molecule has 7 nitrogen and oxygen atoms in total. The van der Waals surface area contributed by atoms with Crippen LogP contribution in [0.2, 0.25) is 0 Å². The first-order chi connectivity index (χ1) is 10.6. The Morgan fingerprint density at radius 2 is 2.32 bits per heavy atom. The van der Waals surface area contributed by atoms with Crippen LogP contribution in [-0.4, -0.2) is 46.2 Å². The van der Waals surface area contributed by atoms with Gasteiger partial charge in [0.25, 0.3) is 5.91 Å². The van der Waals surface area contributed by atoms with Gasteiger partial charge in [-0.1, -0.05) is 0 Å². The Kier molecular flexibility index (Phi) is 4.13. The average Bonchev–Trinajstić information content (AvgIpc) is 3.15. The molecule has 2 aliphatic heterocycles. The Balaban J connectivity index is 1.62. The van der Waals surface area contributed by atoms with Crippen LogP contribution < -0.4 is 5.32 Å². The van der Waals surface area contributed by atoms with Gasteiger partial charge in [0, 0.05) is 32.3 Å². The SMILES string of the molecule is CC(=O)Nc1ccn([C@H]2CCN(C(=O)C3=COCCC3)C2)n1. The Morgan fingerprint density at radius 3 is 3.05 bits per heavy atom. The van der Waals surface area contributed by atoms with Crippen molar-refractivity contribution in [2.75, 3.05) is 25.0 Å². The monoisotopic (exact) mass is 304 g/mol. The molecule has 1 atom stereocenters. The summed E-state index contributed by atoms with van der Waals surface area (Å²) in [5.41, 5.74) is 0.756. The lowest BCUT2D eigenvalue weighted by Gasteiger charge is -2.20. The molecule has 0 bridgehead atoms. The van der Waals surface area contributed by atoms with E-state index in [1.165, 1.54) is 6.92 Å². The maximum atomic E-state index is 12.4. The molecule has 1 saturated heterocycles. The fourth-order valence-electron chi connectivity index (χ4n) is 2.86. The fourth-order valence-corrected chi connectivity index (χ4v) is 2.86. The molecule has 2 aliphatic rings. The number of aromatic nitrogens is 2. The molecule has 3 heterocycles. The second kappa shape index (κ2) is 6.21. The molecular weight excluding hydrogens is 284 g/mol. The van der Waals surface area contributed by atoms with Gasteiger partial charge in [0.1, 0.15) is 0 Å². The molecule has 1 N–H and O–H groups in total. The zero-order valence-corrected chi connectivity index (χ0v) is 12.6. The molecule has 0 unspecified atom stereocenters. The highest BCUT2D eigenvalue weighted by molar-refractivity contribution is 5.93. The fraction of sp³-hybridized carbons (Fsp3) is 0.533. The van der Waals surface area contributed by atoms with Gasteiger partial charge in [-0.3, -0.25) is 14.3 Å². The summed E-state index contributed by atoms with van der Waals surface area (Å²) < 4.78 is 7.07. The minimum Gasteiger partial charge on any atom is -0.501 e. The number of nitrogens with zero attached hydrogens (tertiary/aromatic N) is 3. The first-order valence-corrected chi connectivity index (χ1v) is 7.56. The van der Waals surface area contributed by atoms with E-state index < -0.39 is 0 Å². The lowest BCUT2D eigenvalue weighted by Crippen LogP contribution is -2.31. The molecular formula is C15H20N4O3. The van der Waals surface area contributed by atoms with Crippen LogP contribution in [0.15, 0.2) is 24.1 Å². The summed E-state index contributed by atoms with van der Waals surface area (Å²) in [5.74, 6) is 0.467. The number of carbonyl (C=O) groups is 2. The van der Waals surface area contributed by atoms with Gasteiger partial charge in [0.05, 0.1) is 24.5 Å². The third-order valence-electron chi connectivity index (χ3n) is 3.95. The molecule has 0 aromatic carbocycles. The number of nitrogens with one attached hydrogen (secondary N) is 1. The smallest absolute Gasteiger partial charge is 0.252 e. The summed E-state index contributed by atoms with van der Waals surface area (Å²) in [4.78, 5) is 25.3. The van der Waals surface area contributed by atoms with Crippen molar-refractivity contribution in [2.24, 2.45) is 0 Å². The second-order valence-electron chi connectivity index (χ2n) is 5.67. The summed E-state index contributed by atoms with van der Waals surface area (Å²) in [5, 5.41) is 7.00. The maximum Gasteiger partial charge on any atom is 0.252 e. The van der Waals surface area contributed by atoms with Crippen molar-refractivity contribution in [2.45, 2.75) is 32.2 Å². The highest BCUT2D eigenvalue weighted by Gasteiger charge is 2.30. The Labute approximate surface area is 128 Å². The normalized spacial score (nSPS) is 21.2. The molecule has 2 amide bonds. The summed E-state index contributed by atoms with van der Waals surface area (Å²) >= 11 is 0. The Morgan fingerprint density at radius 1 is 1.45 bits per heavy atom. The van der Waals surface area contributed by atoms with Crippen LogP contribution in [-0.2, 0) is 14.3 Å². The number of likely N-dealkylation sites (tertiary alicyclic amines) is 1. The number of hydrogen-bond acceptors (Lipinski definition) is 4. The quantitative estimate of drug-likeness (QED) is 0.913. The van der Waals surface area contributed by atoms with E-state index in [0.29, 0.717) is 19.0 Å². The molecule has 22 heavy (non-hydrogen) atoms. The topological polar surface area (TPSA) is 76.5 Å². The molecule has 3 rings (SSSR count). The first-order valence-electron chi connectivity index (χ1n) is 7.56. The van der Waals surface area contributed by atoms with Crippen molar-refractivity contribution < 1.29 is 14.3 Å². The summed E-state index contributed by atoms with van der Waals surface area (Å²) in [7, 11) is 0. The van der Waals surface area contributed by atoms with Gasteiger partial charge in [-0.25, -0.2) is 0 Å². The molecule has 0 spiro atoms. The van der Waals surface area contributed by atoms with E-state index in [1.807, 2.05) is 15.8 Å². The van der Waals surface area contributed by atoms with Gasteiger partial charge < -0.3 is 15.0 Å². The van der Waals surface area contributed by atoms with Gasteiger partial charge in [-0.15, -0.1) is 0 Å². The van der Waals surface area contributed by atoms with Crippen LogP contribution in [0.5, 0.6) is 0 Å². The molecule has 7 heteroatoms. The van der Waals surface area contributed by atoms with E-state index >= 15 is 0 Å². The molecule has 0 saturated carbocycles. The van der Waals surface area contributed by atoms with Crippen LogP contribution in [0.1, 0.15) is 32.2 Å². The second-order valence-corrected chi connectivity index (χ2v) is 5.67. The van der Waals surface area contributed by atoms with Gasteiger partial charge in [-0.05, 0) is 19.3 Å². The van der Waals surface area contributed by atoms with Gasteiger partial charge in [0.15, 0.2) is 5.82 Å². The third kappa shape index (κ3) is 3.13. The van der Waals surface area contributed by atoms with E-state index in [9.17, 15) is 9.59 Å². The lowest BCUT2D eigenvalue weighted by molar-refractivity contribution is -0.126. The first kappa shape index (κ1) is 14.6. The van der Waals surface area contributed by atoms with Crippen LogP contribution >= 0.6 is 0 Å². The molecule has 0 radical (unpaired) electrons.